The summed E-state index contributed by atoms with van der Waals surface area (Å²) in [4.78, 5) is 0. The molecular weight excluding hydrogens is 624 g/mol. The van der Waals surface area contributed by atoms with Gasteiger partial charge in [0.1, 0.15) is 0 Å². The van der Waals surface area contributed by atoms with E-state index < -0.39 is 0 Å². The van der Waals surface area contributed by atoms with Gasteiger partial charge in [-0.3, -0.25) is 0 Å². The van der Waals surface area contributed by atoms with Gasteiger partial charge in [-0.05, 0) is 111 Å². The molecule has 4 aliphatic rings. The molecule has 0 spiro atoms. The van der Waals surface area contributed by atoms with E-state index in [1.807, 2.05) is 0 Å². The Hall–Kier alpha value is -4.91. The minimum Gasteiger partial charge on any atom is -0.0837 e. The van der Waals surface area contributed by atoms with Crippen molar-refractivity contribution in [2.45, 2.75) is 57.8 Å². The maximum atomic E-state index is 7.16. The van der Waals surface area contributed by atoms with Crippen molar-refractivity contribution in [1.82, 2.24) is 0 Å². The molecule has 0 aliphatic heterocycles. The van der Waals surface area contributed by atoms with Crippen molar-refractivity contribution in [2.24, 2.45) is 0 Å². The summed E-state index contributed by atoms with van der Waals surface area (Å²) in [6.45, 7) is 14.4. The smallest absolute Gasteiger partial charge is 0.0488 e. The van der Waals surface area contributed by atoms with Crippen LogP contribution in [0.15, 0.2) is 115 Å². The first kappa shape index (κ1) is 28.9. The molecule has 0 nitrogen and oxygen atoms in total. The Labute approximate surface area is 299 Å². The van der Waals surface area contributed by atoms with Crippen LogP contribution in [-0.4, -0.2) is 0 Å². The van der Waals surface area contributed by atoms with Gasteiger partial charge in [0.25, 0.3) is 0 Å². The van der Waals surface area contributed by atoms with E-state index in [1.54, 1.807) is 0 Å². The largest absolute Gasteiger partial charge is 0.0837 e. The normalized spacial score (nSPS) is 16.8. The zero-order chi connectivity index (χ0) is 34.1. The minimum absolute atomic E-state index is 0.0921. The van der Waals surface area contributed by atoms with Gasteiger partial charge in [-0.15, -0.1) is 0 Å². The molecule has 0 amide bonds. The third kappa shape index (κ3) is 3.17. The lowest BCUT2D eigenvalue weighted by Crippen LogP contribution is -2.17. The maximum absolute atomic E-state index is 7.16. The van der Waals surface area contributed by atoms with Crippen LogP contribution in [-0.2, 0) is 16.2 Å². The topological polar surface area (TPSA) is 0 Å². The Kier molecular flexibility index (Phi) is 5.23. The van der Waals surface area contributed by atoms with Crippen molar-refractivity contribution in [3.63, 3.8) is 0 Å². The molecule has 4 aliphatic carbocycles. The highest BCUT2D eigenvalue weighted by Crippen LogP contribution is 2.64. The third-order valence-corrected chi connectivity index (χ3v) is 13.4. The van der Waals surface area contributed by atoms with Gasteiger partial charge in [0.2, 0.25) is 0 Å². The average molecular weight is 661 g/mol. The molecule has 7 aromatic rings. The van der Waals surface area contributed by atoms with E-state index in [4.69, 9.17) is 11.6 Å². The van der Waals surface area contributed by atoms with Crippen molar-refractivity contribution < 1.29 is 0 Å². The van der Waals surface area contributed by atoms with Gasteiger partial charge in [0.05, 0.1) is 0 Å². The van der Waals surface area contributed by atoms with Crippen molar-refractivity contribution in [1.29, 1.82) is 0 Å². The lowest BCUT2D eigenvalue weighted by molar-refractivity contribution is 0.660. The fraction of sp³-hybridized carbons (Fsp3) is 0.184. The molecule has 0 fully saturated rings. The van der Waals surface area contributed by atoms with Gasteiger partial charge >= 0.3 is 0 Å². The van der Waals surface area contributed by atoms with Gasteiger partial charge in [0.15, 0.2) is 0 Å². The van der Waals surface area contributed by atoms with Crippen molar-refractivity contribution in [3.05, 3.63) is 154 Å². The zero-order valence-electron chi connectivity index (χ0n) is 29.3. The second-order valence-corrected chi connectivity index (χ2v) is 16.9. The fourth-order valence-electron chi connectivity index (χ4n) is 10.8. The molecule has 0 unspecified atom stereocenters. The van der Waals surface area contributed by atoms with Crippen LogP contribution in [0.1, 0.15) is 74.9 Å². The van der Waals surface area contributed by atoms with Crippen LogP contribution >= 0.6 is 11.6 Å². The summed E-state index contributed by atoms with van der Waals surface area (Å²) in [6.07, 6.45) is 0. The molecule has 11 rings (SSSR count). The lowest BCUT2D eigenvalue weighted by Gasteiger charge is -2.28. The van der Waals surface area contributed by atoms with Crippen molar-refractivity contribution in [2.75, 3.05) is 0 Å². The molecular formula is C49H37Cl. The molecule has 1 heteroatoms. The van der Waals surface area contributed by atoms with Gasteiger partial charge in [-0.2, -0.15) is 0 Å². The highest BCUT2D eigenvalue weighted by Gasteiger charge is 2.45. The van der Waals surface area contributed by atoms with Crippen LogP contribution in [0.25, 0.3) is 77.5 Å². The number of halogens is 1. The quantitative estimate of drug-likeness (QED) is 0.164. The molecule has 0 aromatic heterocycles. The van der Waals surface area contributed by atoms with Crippen LogP contribution in [0.4, 0.5) is 0 Å². The SMILES string of the molecule is CC1(C)c2ccccc2-c2c1ccc1c2-c2cccc3ccc4c(c23)-c2c(ccc(-c3ccc(Cl)c5c3C(C)(C)c3ccccc3-5)c2-1)C4(C)C. The highest BCUT2D eigenvalue weighted by atomic mass is 35.5. The summed E-state index contributed by atoms with van der Waals surface area (Å²) in [5, 5.41) is 3.52. The van der Waals surface area contributed by atoms with E-state index in [2.05, 4.69) is 157 Å². The van der Waals surface area contributed by atoms with Gasteiger partial charge in [0, 0.05) is 26.8 Å². The number of hydrogen-bond donors (Lipinski definition) is 0. The number of rotatable bonds is 1. The number of fused-ring (bicyclic) bond motifs is 10. The molecule has 0 saturated carbocycles. The Balaban J connectivity index is 1.36. The van der Waals surface area contributed by atoms with Crippen molar-refractivity contribution in [3.8, 4) is 66.8 Å². The zero-order valence-corrected chi connectivity index (χ0v) is 30.1. The molecule has 0 heterocycles. The first-order valence-electron chi connectivity index (χ1n) is 18.0. The second-order valence-electron chi connectivity index (χ2n) is 16.5. The molecule has 0 saturated heterocycles. The third-order valence-electron chi connectivity index (χ3n) is 13.1. The van der Waals surface area contributed by atoms with E-state index in [0.29, 0.717) is 0 Å². The van der Waals surface area contributed by atoms with E-state index in [9.17, 15) is 0 Å². The van der Waals surface area contributed by atoms with Crippen LogP contribution in [0, 0.1) is 0 Å². The van der Waals surface area contributed by atoms with E-state index in [1.165, 1.54) is 111 Å². The predicted octanol–water partition coefficient (Wildman–Crippen LogP) is 13.7. The summed E-state index contributed by atoms with van der Waals surface area (Å²) < 4.78 is 0. The van der Waals surface area contributed by atoms with Gasteiger partial charge < -0.3 is 0 Å². The Morgan fingerprint density at radius 3 is 1.64 bits per heavy atom. The van der Waals surface area contributed by atoms with E-state index >= 15 is 0 Å². The molecule has 0 N–H and O–H groups in total. The molecule has 0 atom stereocenters. The van der Waals surface area contributed by atoms with Crippen LogP contribution in [0.3, 0.4) is 0 Å². The summed E-state index contributed by atoms with van der Waals surface area (Å²) in [5.74, 6) is 0. The summed E-state index contributed by atoms with van der Waals surface area (Å²) in [7, 11) is 0. The van der Waals surface area contributed by atoms with Crippen molar-refractivity contribution >= 4 is 22.4 Å². The van der Waals surface area contributed by atoms with Gasteiger partial charge in [-0.25, -0.2) is 0 Å². The van der Waals surface area contributed by atoms with Crippen LogP contribution in [0.2, 0.25) is 5.02 Å². The predicted molar refractivity (Wildman–Crippen MR) is 212 cm³/mol. The first-order valence-corrected chi connectivity index (χ1v) is 18.4. The van der Waals surface area contributed by atoms with Gasteiger partial charge in [-0.1, -0.05) is 162 Å². The molecule has 7 aromatic carbocycles. The number of benzene rings is 7. The average Bonchev–Trinajstić information content (AvgIpc) is 3.56. The van der Waals surface area contributed by atoms with E-state index in [-0.39, 0.29) is 16.2 Å². The second kappa shape index (κ2) is 9.05. The lowest BCUT2D eigenvalue weighted by atomic mass is 9.75. The Morgan fingerprint density at radius 1 is 0.340 bits per heavy atom. The Bertz CT molecular complexity index is 2730. The molecule has 0 bridgehead atoms. The summed E-state index contributed by atoms with van der Waals surface area (Å²) in [6, 6.07) is 43.9. The first-order chi connectivity index (χ1) is 24.0. The standard InChI is InChI=1S/C49H37Cl/c1-47(2)33-16-9-7-13-29(33)42-35(47)24-20-32-40-27(28-21-25-38(50)43-30-14-8-10-17-34(30)49(5,6)46(28)43)19-23-37-45(40)44-36(48(37,3)4)22-18-26-12-11-15-31(39(26)44)41(32)42/h7-25H,1-6H3. The summed E-state index contributed by atoms with van der Waals surface area (Å²) >= 11 is 7.16. The van der Waals surface area contributed by atoms with Crippen LogP contribution in [0.5, 0.6) is 0 Å². The maximum Gasteiger partial charge on any atom is 0.0488 e. The molecule has 240 valence electrons. The fourth-order valence-corrected chi connectivity index (χ4v) is 11.0. The number of hydrogen-bond acceptors (Lipinski definition) is 0. The Morgan fingerprint density at radius 2 is 0.880 bits per heavy atom. The molecule has 0 radical (unpaired) electrons. The monoisotopic (exact) mass is 660 g/mol. The summed E-state index contributed by atoms with van der Waals surface area (Å²) in [5.41, 5.74) is 23.9. The minimum atomic E-state index is -0.209. The highest BCUT2D eigenvalue weighted by molar-refractivity contribution is 6.34. The van der Waals surface area contributed by atoms with E-state index in [0.717, 1.165) is 5.02 Å². The molecule has 50 heavy (non-hydrogen) atoms. The van der Waals surface area contributed by atoms with Crippen LogP contribution < -0.4 is 0 Å².